The third kappa shape index (κ3) is 3.91. The molecule has 0 saturated carbocycles. The van der Waals surface area contributed by atoms with Gasteiger partial charge in [0.05, 0.1) is 12.2 Å². The number of H-pyrrole nitrogens is 1. The lowest BCUT2D eigenvalue weighted by Crippen LogP contribution is -2.34. The van der Waals surface area contributed by atoms with Crippen molar-refractivity contribution in [1.82, 2.24) is 19.6 Å². The van der Waals surface area contributed by atoms with Gasteiger partial charge in [0.25, 0.3) is 10.0 Å². The molecular formula is C13H20N4O2S2. The maximum atomic E-state index is 12.3. The predicted octanol–water partition coefficient (Wildman–Crippen LogP) is 1.61. The number of imidazole rings is 1. The summed E-state index contributed by atoms with van der Waals surface area (Å²) in [6.45, 7) is 2.23. The fraction of sp³-hybridized carbons (Fsp3) is 0.462. The van der Waals surface area contributed by atoms with Crippen molar-refractivity contribution in [1.29, 1.82) is 0 Å². The van der Waals surface area contributed by atoms with E-state index >= 15 is 0 Å². The Morgan fingerprint density at radius 2 is 2.24 bits per heavy atom. The lowest BCUT2D eigenvalue weighted by molar-refractivity contribution is 0.303. The summed E-state index contributed by atoms with van der Waals surface area (Å²) in [5, 5.41) is 2.10. The van der Waals surface area contributed by atoms with E-state index in [1.165, 1.54) is 6.20 Å². The summed E-state index contributed by atoms with van der Waals surface area (Å²) >= 11 is 1.62. The zero-order chi connectivity index (χ0) is 15.5. The van der Waals surface area contributed by atoms with E-state index < -0.39 is 10.0 Å². The van der Waals surface area contributed by atoms with Gasteiger partial charge in [0.15, 0.2) is 5.03 Å². The van der Waals surface area contributed by atoms with Crippen LogP contribution in [0.1, 0.15) is 23.7 Å². The summed E-state index contributed by atoms with van der Waals surface area (Å²) in [4.78, 5) is 9.97. The molecule has 1 atom stereocenters. The molecular weight excluding hydrogens is 308 g/mol. The molecule has 0 aromatic carbocycles. The summed E-state index contributed by atoms with van der Waals surface area (Å²) in [6.07, 6.45) is 2.03. The number of nitrogens with zero attached hydrogens (tertiary/aromatic N) is 2. The van der Waals surface area contributed by atoms with E-state index in [0.29, 0.717) is 18.8 Å². The van der Waals surface area contributed by atoms with Crippen molar-refractivity contribution < 1.29 is 8.42 Å². The molecule has 0 amide bonds. The van der Waals surface area contributed by atoms with Crippen molar-refractivity contribution >= 4 is 21.4 Å². The Labute approximate surface area is 129 Å². The number of hydrogen-bond donors (Lipinski definition) is 2. The van der Waals surface area contributed by atoms with Gasteiger partial charge >= 0.3 is 0 Å². The zero-order valence-electron chi connectivity index (χ0n) is 12.3. The highest BCUT2D eigenvalue weighted by Gasteiger charge is 2.21. The average Bonchev–Trinajstić information content (AvgIpc) is 3.09. The Morgan fingerprint density at radius 1 is 1.48 bits per heavy atom. The molecule has 2 rings (SSSR count). The third-order valence-electron chi connectivity index (χ3n) is 3.19. The second-order valence-corrected chi connectivity index (χ2v) is 7.61. The first-order valence-electron chi connectivity index (χ1n) is 6.67. The Morgan fingerprint density at radius 3 is 2.76 bits per heavy atom. The van der Waals surface area contributed by atoms with Crippen molar-refractivity contribution in [2.45, 2.75) is 24.4 Å². The molecule has 6 nitrogen and oxygen atoms in total. The molecule has 0 aliphatic rings. The van der Waals surface area contributed by atoms with E-state index in [4.69, 9.17) is 0 Å². The van der Waals surface area contributed by atoms with E-state index in [0.717, 1.165) is 4.88 Å². The minimum Gasteiger partial charge on any atom is -0.332 e. The fourth-order valence-electron chi connectivity index (χ4n) is 1.94. The highest BCUT2D eigenvalue weighted by molar-refractivity contribution is 7.89. The van der Waals surface area contributed by atoms with Crippen LogP contribution in [-0.4, -0.2) is 43.9 Å². The second-order valence-electron chi connectivity index (χ2n) is 4.89. The Kier molecular flexibility index (Phi) is 5.15. The maximum Gasteiger partial charge on any atom is 0.257 e. The summed E-state index contributed by atoms with van der Waals surface area (Å²) < 4.78 is 27.2. The summed E-state index contributed by atoms with van der Waals surface area (Å²) in [5.74, 6) is 0.665. The maximum absolute atomic E-state index is 12.3. The first-order chi connectivity index (χ1) is 9.94. The molecule has 0 aliphatic heterocycles. The van der Waals surface area contributed by atoms with Gasteiger partial charge in [0, 0.05) is 17.8 Å². The minimum atomic E-state index is -3.56. The van der Waals surface area contributed by atoms with Gasteiger partial charge in [0.1, 0.15) is 5.82 Å². The van der Waals surface area contributed by atoms with Gasteiger partial charge in [-0.15, -0.1) is 11.3 Å². The van der Waals surface area contributed by atoms with Crippen LogP contribution in [0.2, 0.25) is 0 Å². The Balaban J connectivity index is 2.09. The molecule has 0 saturated heterocycles. The number of hydrogen-bond acceptors (Lipinski definition) is 5. The SMILES string of the molecule is CCc1ncc(S(=O)(=O)NCC(c2cccs2)N(C)C)[nH]1. The number of aryl methyl sites for hydroxylation is 1. The van der Waals surface area contributed by atoms with E-state index in [1.807, 2.05) is 43.4 Å². The van der Waals surface area contributed by atoms with E-state index in [1.54, 1.807) is 11.3 Å². The van der Waals surface area contributed by atoms with Crippen LogP contribution in [0.25, 0.3) is 0 Å². The zero-order valence-corrected chi connectivity index (χ0v) is 14.0. The highest BCUT2D eigenvalue weighted by Crippen LogP contribution is 2.22. The largest absolute Gasteiger partial charge is 0.332 e. The van der Waals surface area contributed by atoms with Crippen LogP contribution in [0.15, 0.2) is 28.7 Å². The van der Waals surface area contributed by atoms with Crippen LogP contribution in [0.3, 0.4) is 0 Å². The van der Waals surface area contributed by atoms with Gasteiger partial charge in [-0.2, -0.15) is 0 Å². The first-order valence-corrected chi connectivity index (χ1v) is 9.03. The molecule has 0 bridgehead atoms. The standard InChI is InChI=1S/C13H20N4O2S2/c1-4-12-14-9-13(16-12)21(18,19)15-8-10(17(2)3)11-6-5-7-20-11/h5-7,9-10,15H,4,8H2,1-3H3,(H,14,16). The first kappa shape index (κ1) is 16.2. The topological polar surface area (TPSA) is 78.1 Å². The lowest BCUT2D eigenvalue weighted by atomic mass is 10.2. The Hall–Kier alpha value is -1.22. The molecule has 2 aromatic rings. The van der Waals surface area contributed by atoms with Crippen LogP contribution in [0.4, 0.5) is 0 Å². The van der Waals surface area contributed by atoms with Crippen molar-refractivity contribution in [3.05, 3.63) is 34.4 Å². The molecule has 2 heterocycles. The second kappa shape index (κ2) is 6.69. The van der Waals surface area contributed by atoms with Crippen molar-refractivity contribution in [3.8, 4) is 0 Å². The monoisotopic (exact) mass is 328 g/mol. The van der Waals surface area contributed by atoms with Gasteiger partial charge < -0.3 is 9.88 Å². The summed E-state index contributed by atoms with van der Waals surface area (Å²) in [5.41, 5.74) is 0. The van der Waals surface area contributed by atoms with Crippen molar-refractivity contribution in [3.63, 3.8) is 0 Å². The number of rotatable bonds is 7. The molecule has 0 radical (unpaired) electrons. The molecule has 8 heteroatoms. The van der Waals surface area contributed by atoms with Gasteiger partial charge in [-0.3, -0.25) is 0 Å². The molecule has 21 heavy (non-hydrogen) atoms. The molecule has 116 valence electrons. The van der Waals surface area contributed by atoms with Crippen LogP contribution in [-0.2, 0) is 16.4 Å². The fourth-order valence-corrected chi connectivity index (χ4v) is 3.84. The van der Waals surface area contributed by atoms with Crippen molar-refractivity contribution in [2.24, 2.45) is 0 Å². The third-order valence-corrected chi connectivity index (χ3v) is 5.50. The van der Waals surface area contributed by atoms with Crippen LogP contribution in [0.5, 0.6) is 0 Å². The number of aromatic nitrogens is 2. The molecule has 0 fully saturated rings. The van der Waals surface area contributed by atoms with Gasteiger partial charge in [0.2, 0.25) is 0 Å². The molecule has 2 aromatic heterocycles. The van der Waals surface area contributed by atoms with E-state index in [9.17, 15) is 8.42 Å². The predicted molar refractivity (Wildman–Crippen MR) is 83.9 cm³/mol. The summed E-state index contributed by atoms with van der Waals surface area (Å²) in [7, 11) is 0.310. The molecule has 0 spiro atoms. The average molecular weight is 328 g/mol. The Bertz CT molecular complexity index is 662. The van der Waals surface area contributed by atoms with E-state index in [-0.39, 0.29) is 11.1 Å². The number of sulfonamides is 1. The van der Waals surface area contributed by atoms with Gasteiger partial charge in [-0.1, -0.05) is 13.0 Å². The number of nitrogens with one attached hydrogen (secondary N) is 2. The quantitative estimate of drug-likeness (QED) is 0.809. The molecule has 1 unspecified atom stereocenters. The normalized spacial score (nSPS) is 13.7. The van der Waals surface area contributed by atoms with Gasteiger partial charge in [-0.25, -0.2) is 18.1 Å². The van der Waals surface area contributed by atoms with Crippen LogP contribution >= 0.6 is 11.3 Å². The molecule has 0 aliphatic carbocycles. The smallest absolute Gasteiger partial charge is 0.257 e. The minimum absolute atomic E-state index is 0.00772. The summed E-state index contributed by atoms with van der Waals surface area (Å²) in [6, 6.07) is 3.98. The molecule has 2 N–H and O–H groups in total. The van der Waals surface area contributed by atoms with Crippen LogP contribution < -0.4 is 4.72 Å². The van der Waals surface area contributed by atoms with Gasteiger partial charge in [-0.05, 0) is 25.5 Å². The number of likely N-dealkylation sites (N-methyl/N-ethyl adjacent to an activating group) is 1. The number of aromatic amines is 1. The lowest BCUT2D eigenvalue weighted by Gasteiger charge is -2.23. The highest BCUT2D eigenvalue weighted by atomic mass is 32.2. The van der Waals surface area contributed by atoms with E-state index in [2.05, 4.69) is 14.7 Å². The number of thiophene rings is 1. The van der Waals surface area contributed by atoms with Crippen molar-refractivity contribution in [2.75, 3.05) is 20.6 Å². The van der Waals surface area contributed by atoms with Crippen LogP contribution in [0, 0.1) is 0 Å².